The molecule has 1 unspecified atom stereocenters. The van der Waals surface area contributed by atoms with E-state index in [2.05, 4.69) is 5.32 Å². The van der Waals surface area contributed by atoms with Gasteiger partial charge >= 0.3 is 12.0 Å². The molecule has 0 spiro atoms. The lowest BCUT2D eigenvalue weighted by Gasteiger charge is -2.22. The van der Waals surface area contributed by atoms with Gasteiger partial charge in [0.1, 0.15) is 6.04 Å². The molecule has 6 heteroatoms. The summed E-state index contributed by atoms with van der Waals surface area (Å²) in [6.45, 7) is 8.54. The van der Waals surface area contributed by atoms with Gasteiger partial charge in [0.05, 0.1) is 12.7 Å². The van der Waals surface area contributed by atoms with Gasteiger partial charge < -0.3 is 20.1 Å². The molecule has 1 atom stereocenters. The molecule has 0 bridgehead atoms. The number of nitrogens with one attached hydrogen (secondary N) is 1. The Morgan fingerprint density at radius 3 is 2.26 bits per heavy atom. The van der Waals surface area contributed by atoms with Crippen LogP contribution in [-0.4, -0.2) is 54.4 Å². The van der Waals surface area contributed by atoms with Crippen molar-refractivity contribution in [3.05, 3.63) is 0 Å². The minimum absolute atomic E-state index is 0.115. The molecule has 0 fully saturated rings. The van der Waals surface area contributed by atoms with Crippen molar-refractivity contribution in [2.45, 2.75) is 46.3 Å². The van der Waals surface area contributed by atoms with Crippen LogP contribution in [0, 0.1) is 5.92 Å². The smallest absolute Gasteiger partial charge is 0.326 e. The summed E-state index contributed by atoms with van der Waals surface area (Å²) in [5.41, 5.74) is 0. The standard InChI is InChI=1S/C13H26N2O4/c1-9(2)8-11(12(16)17)14-13(18)15(5)6-7-19-10(3)4/h9-11H,6-8H2,1-5H3,(H,14,18)(H,16,17). The van der Waals surface area contributed by atoms with Gasteiger partial charge in [-0.2, -0.15) is 0 Å². The fraction of sp³-hybridized carbons (Fsp3) is 0.846. The van der Waals surface area contributed by atoms with Crippen molar-refractivity contribution in [1.29, 1.82) is 0 Å². The van der Waals surface area contributed by atoms with Gasteiger partial charge in [0, 0.05) is 13.6 Å². The Morgan fingerprint density at radius 2 is 1.84 bits per heavy atom. The average Bonchev–Trinajstić information content (AvgIpc) is 2.26. The highest BCUT2D eigenvalue weighted by molar-refractivity contribution is 5.82. The maximum Gasteiger partial charge on any atom is 0.326 e. The molecule has 0 aromatic heterocycles. The Kier molecular flexibility index (Phi) is 8.14. The van der Waals surface area contributed by atoms with E-state index in [0.29, 0.717) is 19.6 Å². The van der Waals surface area contributed by atoms with Crippen LogP contribution < -0.4 is 5.32 Å². The number of rotatable bonds is 8. The zero-order chi connectivity index (χ0) is 15.0. The number of hydrogen-bond acceptors (Lipinski definition) is 3. The summed E-state index contributed by atoms with van der Waals surface area (Å²) in [4.78, 5) is 24.3. The zero-order valence-electron chi connectivity index (χ0n) is 12.5. The van der Waals surface area contributed by atoms with Crippen molar-refractivity contribution in [3.8, 4) is 0 Å². The predicted molar refractivity (Wildman–Crippen MR) is 73.1 cm³/mol. The topological polar surface area (TPSA) is 78.9 Å². The maximum absolute atomic E-state index is 11.8. The van der Waals surface area contributed by atoms with Crippen molar-refractivity contribution in [2.24, 2.45) is 5.92 Å². The monoisotopic (exact) mass is 274 g/mol. The highest BCUT2D eigenvalue weighted by Gasteiger charge is 2.22. The third-order valence-electron chi connectivity index (χ3n) is 2.53. The number of carboxylic acids is 1. The summed E-state index contributed by atoms with van der Waals surface area (Å²) in [7, 11) is 1.62. The molecular weight excluding hydrogens is 248 g/mol. The molecule has 0 heterocycles. The Balaban J connectivity index is 4.20. The number of aliphatic carboxylic acids is 1. The van der Waals surface area contributed by atoms with Crippen LogP contribution in [0.3, 0.4) is 0 Å². The number of nitrogens with zero attached hydrogens (tertiary/aromatic N) is 1. The normalized spacial score (nSPS) is 12.6. The van der Waals surface area contributed by atoms with Gasteiger partial charge in [0.15, 0.2) is 0 Å². The van der Waals surface area contributed by atoms with E-state index in [-0.39, 0.29) is 18.1 Å². The first-order valence-electron chi connectivity index (χ1n) is 6.60. The first-order valence-corrected chi connectivity index (χ1v) is 6.60. The van der Waals surface area contributed by atoms with E-state index in [1.165, 1.54) is 4.90 Å². The van der Waals surface area contributed by atoms with Crippen LogP contribution in [0.2, 0.25) is 0 Å². The molecule has 2 amide bonds. The van der Waals surface area contributed by atoms with Crippen molar-refractivity contribution < 1.29 is 19.4 Å². The first-order chi connectivity index (χ1) is 8.73. The molecule has 0 aliphatic rings. The largest absolute Gasteiger partial charge is 0.480 e. The molecule has 6 nitrogen and oxygen atoms in total. The molecule has 0 aliphatic heterocycles. The van der Waals surface area contributed by atoms with Crippen molar-refractivity contribution in [1.82, 2.24) is 10.2 Å². The summed E-state index contributed by atoms with van der Waals surface area (Å²) >= 11 is 0. The summed E-state index contributed by atoms with van der Waals surface area (Å²) in [5, 5.41) is 11.6. The lowest BCUT2D eigenvalue weighted by atomic mass is 10.0. The number of ether oxygens (including phenoxy) is 1. The molecule has 2 N–H and O–H groups in total. The van der Waals surface area contributed by atoms with Crippen molar-refractivity contribution >= 4 is 12.0 Å². The molecule has 19 heavy (non-hydrogen) atoms. The second-order valence-electron chi connectivity index (χ2n) is 5.31. The summed E-state index contributed by atoms with van der Waals surface area (Å²) < 4.78 is 5.34. The fourth-order valence-electron chi connectivity index (χ4n) is 1.48. The molecule has 0 rings (SSSR count). The Labute approximate surface area is 115 Å². The number of likely N-dealkylation sites (N-methyl/N-ethyl adjacent to an activating group) is 1. The SMILES string of the molecule is CC(C)CC(NC(=O)N(C)CCOC(C)C)C(=O)O. The number of amides is 2. The lowest BCUT2D eigenvalue weighted by molar-refractivity contribution is -0.139. The molecule has 0 aromatic carbocycles. The van der Waals surface area contributed by atoms with E-state index in [0.717, 1.165) is 0 Å². The van der Waals surface area contributed by atoms with E-state index in [9.17, 15) is 9.59 Å². The molecule has 112 valence electrons. The van der Waals surface area contributed by atoms with Crippen LogP contribution in [0.25, 0.3) is 0 Å². The summed E-state index contributed by atoms with van der Waals surface area (Å²) in [6.07, 6.45) is 0.529. The summed E-state index contributed by atoms with van der Waals surface area (Å²) in [6, 6.07) is -1.23. The molecular formula is C13H26N2O4. The van der Waals surface area contributed by atoms with Crippen LogP contribution in [-0.2, 0) is 9.53 Å². The Morgan fingerprint density at radius 1 is 1.26 bits per heavy atom. The van der Waals surface area contributed by atoms with Gasteiger partial charge in [0.2, 0.25) is 0 Å². The van der Waals surface area contributed by atoms with Gasteiger partial charge in [0.25, 0.3) is 0 Å². The Hall–Kier alpha value is -1.30. The van der Waals surface area contributed by atoms with Gasteiger partial charge in [-0.3, -0.25) is 0 Å². The van der Waals surface area contributed by atoms with E-state index in [1.807, 2.05) is 27.7 Å². The minimum Gasteiger partial charge on any atom is -0.480 e. The van der Waals surface area contributed by atoms with Crippen LogP contribution >= 0.6 is 0 Å². The summed E-state index contributed by atoms with van der Waals surface area (Å²) in [5.74, 6) is -0.801. The quantitative estimate of drug-likeness (QED) is 0.704. The first kappa shape index (κ1) is 17.7. The van der Waals surface area contributed by atoms with Gasteiger partial charge in [-0.1, -0.05) is 13.8 Å². The van der Waals surface area contributed by atoms with Gasteiger partial charge in [-0.15, -0.1) is 0 Å². The molecule has 0 aliphatic carbocycles. The minimum atomic E-state index is -1.01. The molecule has 0 saturated carbocycles. The van der Waals surface area contributed by atoms with Gasteiger partial charge in [-0.25, -0.2) is 9.59 Å². The third-order valence-corrected chi connectivity index (χ3v) is 2.53. The van der Waals surface area contributed by atoms with Crippen molar-refractivity contribution in [2.75, 3.05) is 20.2 Å². The lowest BCUT2D eigenvalue weighted by Crippen LogP contribution is -2.48. The molecule has 0 saturated heterocycles. The average molecular weight is 274 g/mol. The highest BCUT2D eigenvalue weighted by Crippen LogP contribution is 2.05. The number of urea groups is 1. The van der Waals surface area contributed by atoms with Crippen LogP contribution in [0.4, 0.5) is 4.79 Å². The number of hydrogen-bond donors (Lipinski definition) is 2. The van der Waals surface area contributed by atoms with Crippen molar-refractivity contribution in [3.63, 3.8) is 0 Å². The van der Waals surface area contributed by atoms with E-state index < -0.39 is 12.0 Å². The zero-order valence-corrected chi connectivity index (χ0v) is 12.5. The predicted octanol–water partition coefficient (Wildman–Crippen LogP) is 1.55. The maximum atomic E-state index is 11.8. The number of carboxylic acid groups (broad SMARTS) is 1. The second kappa shape index (κ2) is 8.74. The molecule has 0 aromatic rings. The van der Waals surface area contributed by atoms with E-state index in [4.69, 9.17) is 9.84 Å². The van der Waals surface area contributed by atoms with Gasteiger partial charge in [-0.05, 0) is 26.2 Å². The van der Waals surface area contributed by atoms with Crippen LogP contribution in [0.5, 0.6) is 0 Å². The van der Waals surface area contributed by atoms with Crippen LogP contribution in [0.15, 0.2) is 0 Å². The van der Waals surface area contributed by atoms with Crippen LogP contribution in [0.1, 0.15) is 34.1 Å². The molecule has 0 radical (unpaired) electrons. The fourth-order valence-corrected chi connectivity index (χ4v) is 1.48. The highest BCUT2D eigenvalue weighted by atomic mass is 16.5. The number of carbonyl (C=O) groups excluding carboxylic acids is 1. The number of carbonyl (C=O) groups is 2. The second-order valence-corrected chi connectivity index (χ2v) is 5.31. The van der Waals surface area contributed by atoms with E-state index in [1.54, 1.807) is 7.05 Å². The Bertz CT molecular complexity index is 292. The third kappa shape index (κ3) is 8.42. The van der Waals surface area contributed by atoms with E-state index >= 15 is 0 Å².